The molecule has 2 aromatic rings. The zero-order valence-electron chi connectivity index (χ0n) is 26.1. The first-order valence-corrected chi connectivity index (χ1v) is 17.5. The minimum atomic E-state index is -1.05. The number of fused-ring (bicyclic) bond motifs is 1. The van der Waals surface area contributed by atoms with E-state index >= 15 is 0 Å². The number of carbonyl (C=O) groups is 2. The molecule has 9 nitrogen and oxygen atoms in total. The maximum absolute atomic E-state index is 14.8. The number of alkyl halides is 1. The summed E-state index contributed by atoms with van der Waals surface area (Å²) in [5.41, 5.74) is -2.81. The molecular weight excluding hydrogens is 673 g/mol. The van der Waals surface area contributed by atoms with Crippen molar-refractivity contribution < 1.29 is 19.1 Å². The first-order valence-electron chi connectivity index (χ1n) is 16.0. The normalized spacial score (nSPS) is 40.4. The average Bonchev–Trinajstić information content (AvgIpc) is 3.47. The molecule has 3 fully saturated rings. The molecule has 8 rings (SSSR count). The fourth-order valence-electron chi connectivity index (χ4n) is 11.2. The molecule has 3 saturated carbocycles. The fourth-order valence-corrected chi connectivity index (χ4v) is 11.8. The Labute approximate surface area is 271 Å². The number of esters is 2. The van der Waals surface area contributed by atoms with Gasteiger partial charge in [-0.05, 0) is 66.9 Å². The molecule has 6 aliphatic rings. The van der Waals surface area contributed by atoms with E-state index in [-0.39, 0.29) is 22.9 Å². The highest BCUT2D eigenvalue weighted by atomic mass is 127. The van der Waals surface area contributed by atoms with Crippen LogP contribution in [0, 0.1) is 34.5 Å². The van der Waals surface area contributed by atoms with E-state index < -0.39 is 46.3 Å². The molecule has 0 unspecified atom stereocenters. The first kappa shape index (κ1) is 30.0. The lowest BCUT2D eigenvalue weighted by Crippen LogP contribution is -2.79. The minimum Gasteiger partial charge on any atom is -0.462 e. The van der Waals surface area contributed by atoms with Crippen LogP contribution >= 0.6 is 22.6 Å². The summed E-state index contributed by atoms with van der Waals surface area (Å²) in [6.07, 6.45) is 7.73. The average molecular weight is 716 g/mol. The van der Waals surface area contributed by atoms with Crippen LogP contribution in [0.15, 0.2) is 52.1 Å². The van der Waals surface area contributed by atoms with Crippen LogP contribution in [0.25, 0.3) is 5.69 Å². The lowest BCUT2D eigenvalue weighted by molar-refractivity contribution is -0.247. The highest BCUT2D eigenvalue weighted by Gasteiger charge is 2.77. The molecule has 0 radical (unpaired) electrons. The molecule has 0 amide bonds. The predicted molar refractivity (Wildman–Crippen MR) is 173 cm³/mol. The van der Waals surface area contributed by atoms with E-state index in [2.05, 4.69) is 55.5 Å². The molecule has 1 aromatic carbocycles. The van der Waals surface area contributed by atoms with Crippen molar-refractivity contribution in [1.82, 2.24) is 13.9 Å². The summed E-state index contributed by atoms with van der Waals surface area (Å²) < 4.78 is 17.9. The molecule has 236 valence electrons. The van der Waals surface area contributed by atoms with Crippen LogP contribution < -0.4 is 11.4 Å². The summed E-state index contributed by atoms with van der Waals surface area (Å²) in [7, 11) is 0. The summed E-state index contributed by atoms with van der Waals surface area (Å²) in [5, 5.41) is 0. The van der Waals surface area contributed by atoms with Gasteiger partial charge < -0.3 is 9.47 Å². The zero-order chi connectivity index (χ0) is 31.4. The summed E-state index contributed by atoms with van der Waals surface area (Å²) in [6.45, 7) is 9.71. The van der Waals surface area contributed by atoms with Crippen LogP contribution in [0.3, 0.4) is 0 Å². The zero-order valence-corrected chi connectivity index (χ0v) is 28.3. The highest BCUT2D eigenvalue weighted by molar-refractivity contribution is 14.1. The Morgan fingerprint density at radius 2 is 1.64 bits per heavy atom. The van der Waals surface area contributed by atoms with Crippen LogP contribution in [0.1, 0.15) is 73.1 Å². The van der Waals surface area contributed by atoms with Crippen molar-refractivity contribution in [2.45, 2.75) is 96.4 Å². The smallest absolute Gasteiger partial charge is 0.352 e. The second-order valence-corrected chi connectivity index (χ2v) is 15.4. The molecule has 2 bridgehead atoms. The van der Waals surface area contributed by atoms with Crippen molar-refractivity contribution >= 4 is 34.5 Å². The van der Waals surface area contributed by atoms with Gasteiger partial charge in [-0.1, -0.05) is 73.7 Å². The maximum Gasteiger partial charge on any atom is 0.352 e. The third-order valence-corrected chi connectivity index (χ3v) is 14.1. The lowest BCUT2D eigenvalue weighted by atomic mass is 9.40. The first-order chi connectivity index (χ1) is 20.9. The van der Waals surface area contributed by atoms with Crippen LogP contribution in [-0.4, -0.2) is 42.5 Å². The SMILES string of the molecule is CC(=O)O[C@H]1C[C@H](OC(C)=O)[C@]2(C)[C@H]3CC[C@]4(C)[C@@H]([C@H](C)CI)CC[C@H]4[C@@]34C=C[C@]2(C1)n1c(=O)n(-c2ccccc2)c(=O)n14. The fraction of sp³-hybridized carbons (Fsp3) is 0.647. The number of hydrogen-bond acceptors (Lipinski definition) is 6. The van der Waals surface area contributed by atoms with Gasteiger partial charge in [0.05, 0.1) is 16.8 Å². The van der Waals surface area contributed by atoms with Gasteiger partial charge >= 0.3 is 23.3 Å². The van der Waals surface area contributed by atoms with Crippen molar-refractivity contribution in [3.8, 4) is 5.69 Å². The minimum absolute atomic E-state index is 0.0276. The van der Waals surface area contributed by atoms with Crippen molar-refractivity contribution in [2.75, 3.05) is 4.43 Å². The van der Waals surface area contributed by atoms with Crippen LogP contribution in [0.5, 0.6) is 0 Å². The summed E-state index contributed by atoms with van der Waals surface area (Å²) in [4.78, 5) is 54.6. The monoisotopic (exact) mass is 715 g/mol. The Morgan fingerprint density at radius 3 is 2.30 bits per heavy atom. The van der Waals surface area contributed by atoms with Crippen molar-refractivity contribution in [3.63, 3.8) is 0 Å². The molecular formula is C34H42IN3O6. The summed E-state index contributed by atoms with van der Waals surface area (Å²) in [6, 6.07) is 9.11. The molecule has 2 aliphatic heterocycles. The van der Waals surface area contributed by atoms with Gasteiger partial charge in [0.1, 0.15) is 12.2 Å². The summed E-state index contributed by atoms with van der Waals surface area (Å²) >= 11 is 2.50. The number of ether oxygens (including phenoxy) is 2. The number of rotatable bonds is 5. The third kappa shape index (κ3) is 3.57. The second kappa shape index (κ2) is 9.93. The van der Waals surface area contributed by atoms with Gasteiger partial charge in [-0.2, -0.15) is 0 Å². The predicted octanol–water partition coefficient (Wildman–Crippen LogP) is 4.95. The van der Waals surface area contributed by atoms with Gasteiger partial charge in [-0.15, -0.1) is 0 Å². The lowest BCUT2D eigenvalue weighted by Gasteiger charge is -2.72. The van der Waals surface area contributed by atoms with E-state index in [9.17, 15) is 19.2 Å². The Morgan fingerprint density at radius 1 is 0.955 bits per heavy atom. The van der Waals surface area contributed by atoms with Crippen LogP contribution in [0.4, 0.5) is 0 Å². The highest BCUT2D eigenvalue weighted by Crippen LogP contribution is 2.74. The van der Waals surface area contributed by atoms with E-state index in [0.29, 0.717) is 30.4 Å². The van der Waals surface area contributed by atoms with Crippen LogP contribution in [-0.2, 0) is 30.1 Å². The largest absolute Gasteiger partial charge is 0.462 e. The van der Waals surface area contributed by atoms with E-state index in [1.54, 1.807) is 16.8 Å². The summed E-state index contributed by atoms with van der Waals surface area (Å²) in [5.74, 6) is 0.254. The van der Waals surface area contributed by atoms with Crippen molar-refractivity contribution in [2.24, 2.45) is 34.5 Å². The molecule has 0 saturated heterocycles. The number of halogens is 1. The van der Waals surface area contributed by atoms with Gasteiger partial charge in [0.15, 0.2) is 0 Å². The Balaban J connectivity index is 1.55. The third-order valence-electron chi connectivity index (χ3n) is 12.7. The number of nitrogens with zero attached hydrogens (tertiary/aromatic N) is 3. The van der Waals surface area contributed by atoms with Gasteiger partial charge in [-0.25, -0.2) is 23.5 Å². The molecule has 2 spiro atoms. The van der Waals surface area contributed by atoms with Crippen molar-refractivity contribution in [3.05, 3.63) is 63.5 Å². The molecule has 10 atom stereocenters. The van der Waals surface area contributed by atoms with Gasteiger partial charge in [0.2, 0.25) is 0 Å². The van der Waals surface area contributed by atoms with E-state index in [1.165, 1.54) is 18.4 Å². The van der Waals surface area contributed by atoms with E-state index in [4.69, 9.17) is 9.47 Å². The second-order valence-electron chi connectivity index (χ2n) is 14.5. The van der Waals surface area contributed by atoms with Crippen LogP contribution in [0.2, 0.25) is 0 Å². The number of hydrogen-bond donors (Lipinski definition) is 0. The Hall–Kier alpha value is -2.63. The van der Waals surface area contributed by atoms with Gasteiger partial charge in [0, 0.05) is 36.5 Å². The molecule has 3 heterocycles. The van der Waals surface area contributed by atoms with Gasteiger partial charge in [0.25, 0.3) is 0 Å². The quantitative estimate of drug-likeness (QED) is 0.188. The Kier molecular flexibility index (Phi) is 6.78. The maximum atomic E-state index is 14.8. The Bertz CT molecular complexity index is 1680. The van der Waals surface area contributed by atoms with E-state index in [0.717, 1.165) is 30.1 Å². The molecule has 0 N–H and O–H groups in total. The number of benzene rings is 1. The van der Waals surface area contributed by atoms with E-state index in [1.807, 2.05) is 22.9 Å². The number of para-hydroxylation sites is 1. The number of allylic oxidation sites excluding steroid dienone is 2. The standard InChI is InChI=1S/C34H42IN3O6/c1-20(19-35)25-11-12-26-31(25,4)14-13-27-32(5)28(44-22(3)40)17-24(43-21(2)39)18-33(32)15-16-34(26,27)38-30(42)36(29(41)37(33)38)23-9-7-6-8-10-23/h6-10,15-16,20,24-28H,11-14,17-19H2,1-5H3/t20-,24+,25-,26-,27-,28+,31-,32+,33-,34+/m1/s1. The molecule has 44 heavy (non-hydrogen) atoms. The number of carbonyl (C=O) groups excluding carboxylic acids is 2. The number of aromatic nitrogens is 3. The topological polar surface area (TPSA) is 102 Å². The molecule has 4 aliphatic carbocycles. The molecule has 1 aromatic heterocycles. The van der Waals surface area contributed by atoms with Crippen molar-refractivity contribution in [1.29, 1.82) is 0 Å². The van der Waals surface area contributed by atoms with Gasteiger partial charge in [-0.3, -0.25) is 9.59 Å². The molecule has 10 heteroatoms.